The molecule has 6 rings (SSSR count). The number of carbonyl (C=O) groups excluding carboxylic acids is 1. The average molecular weight is 815 g/mol. The minimum absolute atomic E-state index is 0.0354. The Labute approximate surface area is 335 Å². The van der Waals surface area contributed by atoms with Gasteiger partial charge in [0.15, 0.2) is 31.8 Å². The third-order valence-electron chi connectivity index (χ3n) is 10.9. The molecule has 0 bridgehead atoms. The quantitative estimate of drug-likeness (QED) is 0.0635. The zero-order valence-corrected chi connectivity index (χ0v) is 36.1. The van der Waals surface area contributed by atoms with Crippen molar-refractivity contribution in [2.45, 2.75) is 96.7 Å². The summed E-state index contributed by atoms with van der Waals surface area (Å²) in [5.41, 5.74) is 3.41. The van der Waals surface area contributed by atoms with Crippen molar-refractivity contribution in [3.63, 3.8) is 0 Å². The molecule has 2 unspecified atom stereocenters. The highest BCUT2D eigenvalue weighted by molar-refractivity contribution is 7.33. The van der Waals surface area contributed by atoms with Crippen molar-refractivity contribution in [2.24, 2.45) is 5.92 Å². The summed E-state index contributed by atoms with van der Waals surface area (Å²) in [5, 5.41) is 2.43. The van der Waals surface area contributed by atoms with Gasteiger partial charge in [-0.2, -0.15) is 4.98 Å². The first-order chi connectivity index (χ1) is 26.9. The molecular weight excluding hydrogens is 762 g/mol. The van der Waals surface area contributed by atoms with Gasteiger partial charge in [-0.1, -0.05) is 125 Å². The number of nitrogens with zero attached hydrogens (tertiary/aromatic N) is 3. The van der Waals surface area contributed by atoms with Crippen molar-refractivity contribution in [1.82, 2.24) is 19.5 Å². The Morgan fingerprint density at radius 2 is 1.53 bits per heavy atom. The lowest BCUT2D eigenvalue weighted by Crippen LogP contribution is -2.49. The van der Waals surface area contributed by atoms with Crippen LogP contribution in [-0.2, 0) is 37.9 Å². The Morgan fingerprint density at radius 3 is 2.07 bits per heavy atom. The Morgan fingerprint density at radius 1 is 0.947 bits per heavy atom. The SMILES string of the molecule is CO[P+](=O)OC1[C@@H](COC(c2ccccc2)(c2ccc(C)cc2)c2ccc(C)cc2)O[C@@H](n2cnc3c(=O)[nH]c(NC(=O)C(C)C)nc32)[C@H]1O[Si](C)(C)C(C)(C)C. The zero-order valence-electron chi connectivity index (χ0n) is 34.2. The van der Waals surface area contributed by atoms with Gasteiger partial charge >= 0.3 is 8.25 Å². The second-order valence-corrected chi connectivity index (χ2v) is 22.1. The highest BCUT2D eigenvalue weighted by Gasteiger charge is 2.56. The van der Waals surface area contributed by atoms with E-state index in [1.807, 2.05) is 44.2 Å². The Kier molecular flexibility index (Phi) is 12.5. The molecule has 3 aromatic carbocycles. The van der Waals surface area contributed by atoms with Crippen LogP contribution < -0.4 is 10.9 Å². The first-order valence-electron chi connectivity index (χ1n) is 19.1. The molecule has 5 atom stereocenters. The van der Waals surface area contributed by atoms with E-state index in [9.17, 15) is 14.2 Å². The number of aromatic amines is 1. The standard InChI is InChI=1S/C42H52N5O8PSi/c1-26(2)37(48)45-40-44-36-33(38(49)46-40)43-25-47(36)39-35(55-57(9,10)41(5,6)7)34(54-56(50)51-8)32(53-39)24-52-42(29-14-12-11-13-15-29,30-20-16-27(3)17-21-30)31-22-18-28(4)19-23-31/h11-23,25-26,32,34-35,39H,24H2,1-10H3,(H-,44,45,46,48,49)/p+1/t32-,34?,35+,39-/m1/s1. The lowest BCUT2D eigenvalue weighted by Gasteiger charge is -2.40. The molecule has 1 aliphatic rings. The zero-order chi connectivity index (χ0) is 41.3. The van der Waals surface area contributed by atoms with E-state index >= 15 is 0 Å². The van der Waals surface area contributed by atoms with Crippen molar-refractivity contribution >= 4 is 39.6 Å². The van der Waals surface area contributed by atoms with Gasteiger partial charge in [0.05, 0.1) is 20.0 Å². The molecule has 5 aromatic rings. The van der Waals surface area contributed by atoms with Gasteiger partial charge in [0.25, 0.3) is 5.56 Å². The predicted molar refractivity (Wildman–Crippen MR) is 222 cm³/mol. The summed E-state index contributed by atoms with van der Waals surface area (Å²) in [5.74, 6) is -0.717. The number of aryl methyl sites for hydroxylation is 2. The van der Waals surface area contributed by atoms with Gasteiger partial charge < -0.3 is 13.9 Å². The first-order valence-corrected chi connectivity index (χ1v) is 23.1. The molecule has 1 aliphatic heterocycles. The predicted octanol–water partition coefficient (Wildman–Crippen LogP) is 8.32. The third-order valence-corrected chi connectivity index (χ3v) is 16.1. The Balaban J connectivity index is 1.51. The normalized spacial score (nSPS) is 19.3. The van der Waals surface area contributed by atoms with E-state index in [4.69, 9.17) is 22.9 Å². The number of imidazole rings is 1. The van der Waals surface area contributed by atoms with Crippen LogP contribution >= 0.6 is 8.25 Å². The van der Waals surface area contributed by atoms with Gasteiger partial charge in [-0.05, 0) is 48.7 Å². The van der Waals surface area contributed by atoms with Crippen LogP contribution in [0.15, 0.2) is 90.0 Å². The van der Waals surface area contributed by atoms with Gasteiger partial charge in [-0.3, -0.25) is 24.5 Å². The number of ether oxygens (including phenoxy) is 2. The molecule has 1 fully saturated rings. The molecular formula is C42H53N5O8PSi+. The minimum Gasteiger partial charge on any atom is -0.406 e. The smallest absolute Gasteiger partial charge is 0.406 e. The van der Waals surface area contributed by atoms with Crippen molar-refractivity contribution in [3.8, 4) is 0 Å². The van der Waals surface area contributed by atoms with Crippen molar-refractivity contribution < 1.29 is 32.3 Å². The maximum atomic E-state index is 13.3. The van der Waals surface area contributed by atoms with Crippen molar-refractivity contribution in [1.29, 1.82) is 0 Å². The number of nitrogens with one attached hydrogen (secondary N) is 2. The van der Waals surface area contributed by atoms with Crippen LogP contribution in [0.25, 0.3) is 11.2 Å². The number of aromatic nitrogens is 4. The third kappa shape index (κ3) is 8.73. The van der Waals surface area contributed by atoms with E-state index in [1.165, 1.54) is 13.4 Å². The van der Waals surface area contributed by atoms with E-state index in [0.29, 0.717) is 0 Å². The summed E-state index contributed by atoms with van der Waals surface area (Å²) in [6, 6.07) is 26.5. The largest absolute Gasteiger partial charge is 0.697 e. The van der Waals surface area contributed by atoms with Crippen LogP contribution in [0.1, 0.15) is 68.7 Å². The summed E-state index contributed by atoms with van der Waals surface area (Å²) in [7, 11) is -3.94. The molecule has 0 aliphatic carbocycles. The van der Waals surface area contributed by atoms with E-state index < -0.39 is 52.3 Å². The number of fused-ring (bicyclic) bond motifs is 1. The summed E-state index contributed by atoms with van der Waals surface area (Å²) in [6.45, 7) is 18.1. The lowest BCUT2D eigenvalue weighted by atomic mass is 9.79. The van der Waals surface area contributed by atoms with E-state index in [-0.39, 0.29) is 40.6 Å². The Bertz CT molecular complexity index is 2210. The fraction of sp³-hybridized carbons (Fsp3) is 0.429. The van der Waals surface area contributed by atoms with Crippen LogP contribution in [0.5, 0.6) is 0 Å². The van der Waals surface area contributed by atoms with E-state index in [1.54, 1.807) is 18.4 Å². The lowest BCUT2D eigenvalue weighted by molar-refractivity contribution is -0.118. The first kappa shape index (κ1) is 42.2. The number of anilines is 1. The molecule has 57 heavy (non-hydrogen) atoms. The van der Waals surface area contributed by atoms with Crippen molar-refractivity contribution in [2.75, 3.05) is 19.0 Å². The molecule has 1 amide bonds. The number of hydrogen-bond acceptors (Lipinski definition) is 10. The van der Waals surface area contributed by atoms with Crippen LogP contribution in [0.3, 0.4) is 0 Å². The van der Waals surface area contributed by atoms with Crippen LogP contribution in [0, 0.1) is 19.8 Å². The molecule has 15 heteroatoms. The summed E-state index contributed by atoms with van der Waals surface area (Å²) >= 11 is 0. The van der Waals surface area contributed by atoms with Gasteiger partial charge in [-0.15, -0.1) is 9.05 Å². The van der Waals surface area contributed by atoms with Crippen LogP contribution in [0.2, 0.25) is 18.1 Å². The molecule has 2 aromatic heterocycles. The van der Waals surface area contributed by atoms with Gasteiger partial charge in [-0.25, -0.2) is 4.98 Å². The molecule has 0 spiro atoms. The molecule has 0 radical (unpaired) electrons. The summed E-state index contributed by atoms with van der Waals surface area (Å²) in [4.78, 5) is 37.6. The number of hydrogen-bond donors (Lipinski definition) is 2. The number of rotatable bonds is 14. The topological polar surface area (TPSA) is 156 Å². The molecule has 13 nitrogen and oxygen atoms in total. The monoisotopic (exact) mass is 814 g/mol. The number of benzene rings is 3. The summed E-state index contributed by atoms with van der Waals surface area (Å²) < 4.78 is 47.6. The Hall–Kier alpha value is -4.40. The molecule has 3 heterocycles. The fourth-order valence-electron chi connectivity index (χ4n) is 6.62. The maximum absolute atomic E-state index is 13.3. The average Bonchev–Trinajstić information content (AvgIpc) is 3.73. The highest BCUT2D eigenvalue weighted by Crippen LogP contribution is 2.47. The molecule has 0 saturated carbocycles. The van der Waals surface area contributed by atoms with Crippen molar-refractivity contribution in [3.05, 3.63) is 123 Å². The summed E-state index contributed by atoms with van der Waals surface area (Å²) in [6.07, 6.45) is -2.31. The fourth-order valence-corrected chi connectivity index (χ4v) is 8.44. The molecule has 1 saturated heterocycles. The second-order valence-electron chi connectivity index (χ2n) is 16.4. The van der Waals surface area contributed by atoms with E-state index in [0.717, 1.165) is 27.8 Å². The second kappa shape index (κ2) is 16.8. The molecule has 302 valence electrons. The number of amides is 1. The van der Waals surface area contributed by atoms with Crippen LogP contribution in [0.4, 0.5) is 5.95 Å². The van der Waals surface area contributed by atoms with Crippen LogP contribution in [-0.4, -0.2) is 65.8 Å². The minimum atomic E-state index is -2.62. The van der Waals surface area contributed by atoms with Gasteiger partial charge in [0, 0.05) is 10.5 Å². The van der Waals surface area contributed by atoms with E-state index in [2.05, 4.69) is 103 Å². The van der Waals surface area contributed by atoms with Gasteiger partial charge in [0.1, 0.15) is 17.8 Å². The van der Waals surface area contributed by atoms with Gasteiger partial charge in [0.2, 0.25) is 11.9 Å². The molecule has 2 N–H and O–H groups in total. The maximum Gasteiger partial charge on any atom is 0.697 e. The highest BCUT2D eigenvalue weighted by atomic mass is 31.1. The number of carbonyl (C=O) groups is 1. The number of H-pyrrole nitrogens is 1.